The Morgan fingerprint density at radius 3 is 2.07 bits per heavy atom. The van der Waals surface area contributed by atoms with Crippen LogP contribution >= 0.6 is 0 Å². The van der Waals surface area contributed by atoms with E-state index >= 15 is 0 Å². The maximum atomic E-state index is 13.6. The third-order valence-corrected chi connectivity index (χ3v) is 6.38. The van der Waals surface area contributed by atoms with Crippen molar-refractivity contribution in [3.05, 3.63) is 65.0 Å². The molecule has 8 nitrogen and oxygen atoms in total. The van der Waals surface area contributed by atoms with Crippen LogP contribution in [0.1, 0.15) is 43.2 Å². The fourth-order valence-electron chi connectivity index (χ4n) is 4.16. The number of alkyl halides is 6. The van der Waals surface area contributed by atoms with Gasteiger partial charge in [0.2, 0.25) is 5.95 Å². The summed E-state index contributed by atoms with van der Waals surface area (Å²) in [6, 6.07) is 10.6. The van der Waals surface area contributed by atoms with Gasteiger partial charge in [-0.2, -0.15) is 31.3 Å². The van der Waals surface area contributed by atoms with Crippen molar-refractivity contribution < 1.29 is 36.2 Å². The van der Waals surface area contributed by atoms with Gasteiger partial charge in [0.05, 0.1) is 11.3 Å². The van der Waals surface area contributed by atoms with Crippen LogP contribution in [0.25, 0.3) is 0 Å². The normalized spacial score (nSPS) is 13.8. The number of halogens is 6. The lowest BCUT2D eigenvalue weighted by Gasteiger charge is -2.24. The number of anilines is 4. The maximum absolute atomic E-state index is 13.6. The molecule has 0 bridgehead atoms. The molecule has 0 radical (unpaired) electrons. The molecule has 0 atom stereocenters. The topological polar surface area (TPSA) is 94.5 Å². The van der Waals surface area contributed by atoms with Gasteiger partial charge in [-0.15, -0.1) is 0 Å². The van der Waals surface area contributed by atoms with Gasteiger partial charge in [0, 0.05) is 51.1 Å². The molecule has 2 N–H and O–H groups in total. The molecule has 0 unspecified atom stereocenters. The first-order valence-electron chi connectivity index (χ1n) is 12.9. The summed E-state index contributed by atoms with van der Waals surface area (Å²) < 4.78 is 72.6. The number of hydrogen-bond acceptors (Lipinski definition) is 7. The number of hydrogen-bond donors (Lipinski definition) is 2. The molecule has 0 saturated carbocycles. The molecule has 228 valence electrons. The van der Waals surface area contributed by atoms with E-state index in [-0.39, 0.29) is 11.2 Å². The number of carboxylic acid groups (broad SMARTS) is 1. The van der Waals surface area contributed by atoms with Crippen LogP contribution in [0.5, 0.6) is 0 Å². The summed E-state index contributed by atoms with van der Waals surface area (Å²) in [5, 5.41) is 10.6. The van der Waals surface area contributed by atoms with E-state index in [1.54, 1.807) is 4.90 Å². The highest BCUT2D eigenvalue weighted by Crippen LogP contribution is 2.36. The maximum Gasteiger partial charge on any atom is 0.490 e. The predicted molar refractivity (Wildman–Crippen MR) is 147 cm³/mol. The Balaban J connectivity index is 0.000000616. The highest BCUT2D eigenvalue weighted by Gasteiger charge is 2.38. The van der Waals surface area contributed by atoms with Crippen molar-refractivity contribution in [2.24, 2.45) is 0 Å². The third kappa shape index (κ3) is 8.23. The van der Waals surface area contributed by atoms with E-state index in [0.717, 1.165) is 23.0 Å². The first-order valence-corrected chi connectivity index (χ1v) is 12.9. The first kappa shape index (κ1) is 32.4. The molecular weight excluding hydrogens is 566 g/mol. The van der Waals surface area contributed by atoms with E-state index in [2.05, 4.69) is 43.2 Å². The van der Waals surface area contributed by atoms with E-state index in [1.165, 1.54) is 17.8 Å². The molecule has 1 aliphatic rings. The minimum Gasteiger partial charge on any atom is -0.475 e. The van der Waals surface area contributed by atoms with Gasteiger partial charge in [-0.3, -0.25) is 0 Å². The van der Waals surface area contributed by atoms with Crippen molar-refractivity contribution in [2.75, 3.05) is 42.3 Å². The standard InChI is InChI=1S/C26H31F3N6.C2HF3O2/c1-25(2,3)17-8-10-18(11-9-17)31-22-19-12-15-35(16-13-21(19)32-24(33-22)34(4)5)23-20(26(27,28)29)7-6-14-30-23;3-2(4,5)1(6)7/h6-11,14H,12-13,15-16H2,1-5H3,(H,31,32,33);(H,6,7). The second kappa shape index (κ2) is 12.4. The van der Waals surface area contributed by atoms with Gasteiger partial charge in [-0.1, -0.05) is 32.9 Å². The van der Waals surface area contributed by atoms with Gasteiger partial charge in [-0.25, -0.2) is 14.8 Å². The van der Waals surface area contributed by atoms with Gasteiger partial charge in [0.25, 0.3) is 0 Å². The van der Waals surface area contributed by atoms with Gasteiger partial charge in [0.15, 0.2) is 0 Å². The molecule has 2 aromatic heterocycles. The van der Waals surface area contributed by atoms with Crippen molar-refractivity contribution in [1.29, 1.82) is 0 Å². The van der Waals surface area contributed by atoms with Crippen LogP contribution in [0.3, 0.4) is 0 Å². The van der Waals surface area contributed by atoms with Crippen molar-refractivity contribution in [2.45, 2.75) is 51.4 Å². The Kier molecular flexibility index (Phi) is 9.58. The molecular formula is C28H32F6N6O2. The van der Waals surface area contributed by atoms with E-state index in [9.17, 15) is 26.3 Å². The summed E-state index contributed by atoms with van der Waals surface area (Å²) in [5.41, 5.74) is 3.21. The van der Waals surface area contributed by atoms with E-state index < -0.39 is 23.9 Å². The van der Waals surface area contributed by atoms with Crippen LogP contribution in [0.4, 0.5) is 49.6 Å². The van der Waals surface area contributed by atoms with Crippen molar-refractivity contribution in [1.82, 2.24) is 15.0 Å². The van der Waals surface area contributed by atoms with Crippen LogP contribution in [0, 0.1) is 0 Å². The zero-order chi connectivity index (χ0) is 31.5. The molecule has 14 heteroatoms. The lowest BCUT2D eigenvalue weighted by atomic mass is 9.87. The van der Waals surface area contributed by atoms with Crippen LogP contribution in [0.15, 0.2) is 42.6 Å². The molecule has 1 aromatic carbocycles. The van der Waals surface area contributed by atoms with Crippen molar-refractivity contribution in [3.63, 3.8) is 0 Å². The van der Waals surface area contributed by atoms with Crippen LogP contribution in [-0.4, -0.2) is 59.4 Å². The minimum atomic E-state index is -5.08. The summed E-state index contributed by atoms with van der Waals surface area (Å²) in [4.78, 5) is 26.0. The Bertz CT molecular complexity index is 1390. The number of carbonyl (C=O) groups is 1. The Morgan fingerprint density at radius 1 is 0.952 bits per heavy atom. The summed E-state index contributed by atoms with van der Waals surface area (Å²) >= 11 is 0. The molecule has 3 heterocycles. The lowest BCUT2D eigenvalue weighted by molar-refractivity contribution is -0.192. The zero-order valence-electron chi connectivity index (χ0n) is 23.7. The first-order chi connectivity index (χ1) is 19.4. The van der Waals surface area contributed by atoms with Crippen molar-refractivity contribution >= 4 is 29.2 Å². The van der Waals surface area contributed by atoms with Gasteiger partial charge >= 0.3 is 18.3 Å². The smallest absolute Gasteiger partial charge is 0.475 e. The second-order valence-corrected chi connectivity index (χ2v) is 10.8. The highest BCUT2D eigenvalue weighted by molar-refractivity contribution is 5.73. The fraction of sp³-hybridized carbons (Fsp3) is 0.429. The molecule has 3 aromatic rings. The Morgan fingerprint density at radius 2 is 1.55 bits per heavy atom. The Labute approximate surface area is 239 Å². The number of nitrogens with zero attached hydrogens (tertiary/aromatic N) is 5. The zero-order valence-corrected chi connectivity index (χ0v) is 23.7. The summed E-state index contributed by atoms with van der Waals surface area (Å²) in [6.07, 6.45) is -7.16. The van der Waals surface area contributed by atoms with E-state index in [1.807, 2.05) is 31.1 Å². The molecule has 0 fully saturated rings. The number of aromatic nitrogens is 3. The number of carboxylic acids is 1. The minimum absolute atomic E-state index is 0.0409. The molecule has 0 spiro atoms. The molecule has 0 saturated heterocycles. The number of nitrogens with one attached hydrogen (secondary N) is 1. The van der Waals surface area contributed by atoms with E-state index in [0.29, 0.717) is 37.7 Å². The highest BCUT2D eigenvalue weighted by atomic mass is 19.4. The monoisotopic (exact) mass is 598 g/mol. The van der Waals surface area contributed by atoms with Gasteiger partial charge in [0.1, 0.15) is 11.6 Å². The fourth-order valence-corrected chi connectivity index (χ4v) is 4.16. The summed E-state index contributed by atoms with van der Waals surface area (Å²) in [6.45, 7) is 7.27. The molecule has 1 aliphatic heterocycles. The van der Waals surface area contributed by atoms with Gasteiger partial charge in [-0.05, 0) is 41.7 Å². The largest absolute Gasteiger partial charge is 0.490 e. The Hall–Kier alpha value is -4.10. The average Bonchev–Trinajstić information content (AvgIpc) is 3.11. The number of benzene rings is 1. The quantitative estimate of drug-likeness (QED) is 0.341. The SMILES string of the molecule is CN(C)c1nc2c(c(Nc3ccc(C(C)(C)C)cc3)n1)CCN(c1ncccc1C(F)(F)F)CC2.O=C(O)C(F)(F)F. The van der Waals surface area contributed by atoms with Crippen LogP contribution in [-0.2, 0) is 29.2 Å². The summed E-state index contributed by atoms with van der Waals surface area (Å²) in [7, 11) is 3.74. The average molecular weight is 599 g/mol. The molecule has 42 heavy (non-hydrogen) atoms. The summed E-state index contributed by atoms with van der Waals surface area (Å²) in [5.74, 6) is -1.56. The molecule has 0 aliphatic carbocycles. The predicted octanol–water partition coefficient (Wildman–Crippen LogP) is 6.24. The van der Waals surface area contributed by atoms with Gasteiger partial charge < -0.3 is 20.2 Å². The van der Waals surface area contributed by atoms with Crippen LogP contribution < -0.4 is 15.1 Å². The number of rotatable bonds is 4. The van der Waals surface area contributed by atoms with Crippen LogP contribution in [0.2, 0.25) is 0 Å². The van der Waals surface area contributed by atoms with Crippen molar-refractivity contribution in [3.8, 4) is 0 Å². The number of fused-ring (bicyclic) bond motifs is 1. The number of pyridine rings is 1. The lowest BCUT2D eigenvalue weighted by Crippen LogP contribution is -2.29. The second-order valence-electron chi connectivity index (χ2n) is 10.8. The molecule has 0 amide bonds. The van der Waals surface area contributed by atoms with E-state index in [4.69, 9.17) is 19.9 Å². The number of aliphatic carboxylic acids is 1. The molecule has 4 rings (SSSR count). The third-order valence-electron chi connectivity index (χ3n) is 6.38.